The standard InChI is InChI=1S/C12H14N6O/c19-12(10-7-14-5-6-15-10)11-8-18(17-16-11)9-1-3-13-4-2-9/h5-9,13H,1-4H2. The Morgan fingerprint density at radius 1 is 1.26 bits per heavy atom. The summed E-state index contributed by atoms with van der Waals surface area (Å²) in [7, 11) is 0. The quantitative estimate of drug-likeness (QED) is 0.793. The van der Waals surface area contributed by atoms with Crippen LogP contribution in [0.5, 0.6) is 0 Å². The Balaban J connectivity index is 1.79. The van der Waals surface area contributed by atoms with Gasteiger partial charge in [-0.2, -0.15) is 0 Å². The molecule has 2 aromatic heterocycles. The van der Waals surface area contributed by atoms with Crippen LogP contribution in [0.25, 0.3) is 0 Å². The van der Waals surface area contributed by atoms with Crippen LogP contribution in [0, 0.1) is 0 Å². The summed E-state index contributed by atoms with van der Waals surface area (Å²) in [6.07, 6.45) is 8.16. The van der Waals surface area contributed by atoms with Crippen LogP contribution >= 0.6 is 0 Å². The molecule has 0 aliphatic carbocycles. The highest BCUT2D eigenvalue weighted by Gasteiger charge is 2.20. The number of carbonyl (C=O) groups excluding carboxylic acids is 1. The molecule has 3 heterocycles. The summed E-state index contributed by atoms with van der Waals surface area (Å²) in [5, 5.41) is 11.3. The second-order valence-corrected chi connectivity index (χ2v) is 4.48. The summed E-state index contributed by atoms with van der Waals surface area (Å²) in [6.45, 7) is 1.94. The molecular weight excluding hydrogens is 244 g/mol. The average Bonchev–Trinajstić information content (AvgIpc) is 2.98. The summed E-state index contributed by atoms with van der Waals surface area (Å²) < 4.78 is 1.78. The van der Waals surface area contributed by atoms with Gasteiger partial charge in [-0.25, -0.2) is 9.67 Å². The van der Waals surface area contributed by atoms with Crippen LogP contribution < -0.4 is 5.32 Å². The van der Waals surface area contributed by atoms with Crippen molar-refractivity contribution < 1.29 is 4.79 Å². The molecule has 19 heavy (non-hydrogen) atoms. The van der Waals surface area contributed by atoms with Crippen LogP contribution in [0.15, 0.2) is 24.8 Å². The maximum Gasteiger partial charge on any atom is 0.234 e. The molecule has 0 spiro atoms. The highest BCUT2D eigenvalue weighted by atomic mass is 16.1. The Hall–Kier alpha value is -2.15. The minimum atomic E-state index is -0.242. The zero-order chi connectivity index (χ0) is 13.1. The largest absolute Gasteiger partial charge is 0.317 e. The number of piperidine rings is 1. The zero-order valence-electron chi connectivity index (χ0n) is 10.4. The van der Waals surface area contributed by atoms with E-state index in [0.717, 1.165) is 25.9 Å². The molecule has 7 heteroatoms. The lowest BCUT2D eigenvalue weighted by Gasteiger charge is -2.21. The summed E-state index contributed by atoms with van der Waals surface area (Å²) in [5.41, 5.74) is 0.610. The molecule has 0 unspecified atom stereocenters. The molecule has 2 aromatic rings. The Morgan fingerprint density at radius 2 is 2.11 bits per heavy atom. The van der Waals surface area contributed by atoms with Crippen molar-refractivity contribution in [1.29, 1.82) is 0 Å². The molecule has 0 bridgehead atoms. The predicted octanol–water partition coefficient (Wildman–Crippen LogP) is 0.224. The third-order valence-corrected chi connectivity index (χ3v) is 3.22. The van der Waals surface area contributed by atoms with Gasteiger partial charge in [-0.3, -0.25) is 9.78 Å². The Labute approximate surface area is 110 Å². The van der Waals surface area contributed by atoms with Crippen molar-refractivity contribution in [2.75, 3.05) is 13.1 Å². The second kappa shape index (κ2) is 5.23. The van der Waals surface area contributed by atoms with Gasteiger partial charge in [0, 0.05) is 12.4 Å². The number of rotatable bonds is 3. The fraction of sp³-hybridized carbons (Fsp3) is 0.417. The van der Waals surface area contributed by atoms with E-state index in [9.17, 15) is 4.79 Å². The van der Waals surface area contributed by atoms with Gasteiger partial charge in [-0.15, -0.1) is 5.10 Å². The molecule has 1 fully saturated rings. The average molecular weight is 258 g/mol. The van der Waals surface area contributed by atoms with Crippen LogP contribution in [-0.2, 0) is 0 Å². The number of carbonyl (C=O) groups is 1. The Bertz CT molecular complexity index is 561. The summed E-state index contributed by atoms with van der Waals surface area (Å²) >= 11 is 0. The Morgan fingerprint density at radius 3 is 2.84 bits per heavy atom. The second-order valence-electron chi connectivity index (χ2n) is 4.48. The lowest BCUT2D eigenvalue weighted by atomic mass is 10.1. The molecule has 98 valence electrons. The number of nitrogens with zero attached hydrogens (tertiary/aromatic N) is 5. The molecule has 1 aliphatic rings. The number of hydrogen-bond acceptors (Lipinski definition) is 6. The van der Waals surface area contributed by atoms with Gasteiger partial charge >= 0.3 is 0 Å². The third kappa shape index (κ3) is 2.50. The molecule has 0 atom stereocenters. The van der Waals surface area contributed by atoms with E-state index in [1.165, 1.54) is 18.6 Å². The molecule has 7 nitrogen and oxygen atoms in total. The van der Waals surface area contributed by atoms with Gasteiger partial charge in [0.25, 0.3) is 0 Å². The first kappa shape index (κ1) is 11.9. The van der Waals surface area contributed by atoms with Crippen LogP contribution in [0.1, 0.15) is 35.1 Å². The number of ketones is 1. The zero-order valence-corrected chi connectivity index (χ0v) is 10.4. The van der Waals surface area contributed by atoms with Gasteiger partial charge in [0.2, 0.25) is 5.78 Å². The van der Waals surface area contributed by atoms with Crippen LogP contribution in [-0.4, -0.2) is 43.8 Å². The first-order valence-electron chi connectivity index (χ1n) is 6.28. The monoisotopic (exact) mass is 258 g/mol. The van der Waals surface area contributed by atoms with Crippen molar-refractivity contribution in [3.63, 3.8) is 0 Å². The molecule has 1 saturated heterocycles. The molecule has 0 radical (unpaired) electrons. The normalized spacial score (nSPS) is 16.4. The summed E-state index contributed by atoms with van der Waals surface area (Å²) in [4.78, 5) is 20.0. The highest BCUT2D eigenvalue weighted by molar-refractivity contribution is 6.05. The van der Waals surface area contributed by atoms with Gasteiger partial charge in [0.05, 0.1) is 18.4 Å². The van der Waals surface area contributed by atoms with Gasteiger partial charge < -0.3 is 5.32 Å². The summed E-state index contributed by atoms with van der Waals surface area (Å²) in [5.74, 6) is -0.242. The lowest BCUT2D eigenvalue weighted by Crippen LogP contribution is -2.29. The van der Waals surface area contributed by atoms with Gasteiger partial charge in [-0.05, 0) is 25.9 Å². The number of aromatic nitrogens is 5. The van der Waals surface area contributed by atoms with Crippen molar-refractivity contribution in [3.8, 4) is 0 Å². The topological polar surface area (TPSA) is 85.6 Å². The smallest absolute Gasteiger partial charge is 0.234 e. The fourth-order valence-corrected chi connectivity index (χ4v) is 2.18. The SMILES string of the molecule is O=C(c1cnccn1)c1cn(C2CCNCC2)nn1. The van der Waals surface area contributed by atoms with E-state index in [-0.39, 0.29) is 5.78 Å². The molecule has 0 aromatic carbocycles. The first-order chi connectivity index (χ1) is 9.34. The van der Waals surface area contributed by atoms with Crippen molar-refractivity contribution in [2.45, 2.75) is 18.9 Å². The minimum absolute atomic E-state index is 0.242. The van der Waals surface area contributed by atoms with Crippen LogP contribution in [0.4, 0.5) is 0 Å². The maximum absolute atomic E-state index is 12.1. The number of hydrogen-bond donors (Lipinski definition) is 1. The molecule has 3 rings (SSSR count). The molecule has 1 N–H and O–H groups in total. The molecular formula is C12H14N6O. The van der Waals surface area contributed by atoms with E-state index in [2.05, 4.69) is 25.6 Å². The van der Waals surface area contributed by atoms with Crippen molar-refractivity contribution in [1.82, 2.24) is 30.3 Å². The lowest BCUT2D eigenvalue weighted by molar-refractivity contribution is 0.102. The minimum Gasteiger partial charge on any atom is -0.317 e. The predicted molar refractivity (Wildman–Crippen MR) is 66.6 cm³/mol. The van der Waals surface area contributed by atoms with Crippen LogP contribution in [0.3, 0.4) is 0 Å². The molecule has 0 amide bonds. The first-order valence-corrected chi connectivity index (χ1v) is 6.28. The van der Waals surface area contributed by atoms with E-state index in [1.54, 1.807) is 10.9 Å². The number of nitrogens with one attached hydrogen (secondary N) is 1. The van der Waals surface area contributed by atoms with Gasteiger partial charge in [0.15, 0.2) is 5.69 Å². The van der Waals surface area contributed by atoms with E-state index in [0.29, 0.717) is 17.4 Å². The Kier molecular flexibility index (Phi) is 3.28. The van der Waals surface area contributed by atoms with Crippen LogP contribution in [0.2, 0.25) is 0 Å². The van der Waals surface area contributed by atoms with Crippen molar-refractivity contribution in [3.05, 3.63) is 36.2 Å². The van der Waals surface area contributed by atoms with Crippen molar-refractivity contribution in [2.24, 2.45) is 0 Å². The van der Waals surface area contributed by atoms with E-state index in [4.69, 9.17) is 0 Å². The van der Waals surface area contributed by atoms with E-state index >= 15 is 0 Å². The maximum atomic E-state index is 12.1. The summed E-state index contributed by atoms with van der Waals surface area (Å²) in [6, 6.07) is 0.317. The van der Waals surface area contributed by atoms with Gasteiger partial charge in [-0.1, -0.05) is 5.21 Å². The van der Waals surface area contributed by atoms with Gasteiger partial charge in [0.1, 0.15) is 5.69 Å². The van der Waals surface area contributed by atoms with E-state index < -0.39 is 0 Å². The highest BCUT2D eigenvalue weighted by Crippen LogP contribution is 2.17. The molecule has 0 saturated carbocycles. The van der Waals surface area contributed by atoms with E-state index in [1.807, 2.05) is 0 Å². The third-order valence-electron chi connectivity index (χ3n) is 3.22. The fourth-order valence-electron chi connectivity index (χ4n) is 2.18. The van der Waals surface area contributed by atoms with Crippen molar-refractivity contribution >= 4 is 5.78 Å². The molecule has 1 aliphatic heterocycles.